The van der Waals surface area contributed by atoms with Gasteiger partial charge in [0, 0.05) is 18.3 Å². The number of hydrogen-bond donors (Lipinski definition) is 1. The fourth-order valence-electron chi connectivity index (χ4n) is 2.23. The summed E-state index contributed by atoms with van der Waals surface area (Å²) in [6, 6.07) is 2.58. The number of benzene rings is 1. The first kappa shape index (κ1) is 20.6. The van der Waals surface area contributed by atoms with Crippen molar-refractivity contribution in [3.63, 3.8) is 0 Å². The van der Waals surface area contributed by atoms with Gasteiger partial charge >= 0.3 is 17.9 Å². The highest BCUT2D eigenvalue weighted by Crippen LogP contribution is 2.32. The molecule has 3 rings (SSSR count). The molecule has 152 valence electrons. The maximum atomic E-state index is 14.4. The molecule has 0 aliphatic carbocycles. The zero-order valence-electron chi connectivity index (χ0n) is 13.7. The number of alkyl halides is 3. The maximum Gasteiger partial charge on any atom is 0.433 e. The van der Waals surface area contributed by atoms with Gasteiger partial charge in [-0.2, -0.15) is 18.2 Å². The number of ether oxygens (including phenoxy) is 1. The van der Waals surface area contributed by atoms with Gasteiger partial charge in [-0.25, -0.2) is 23.4 Å². The van der Waals surface area contributed by atoms with E-state index in [1.807, 2.05) is 0 Å². The average molecular weight is 452 g/mol. The van der Waals surface area contributed by atoms with Crippen molar-refractivity contribution in [1.29, 1.82) is 0 Å². The van der Waals surface area contributed by atoms with Gasteiger partial charge in [-0.3, -0.25) is 4.79 Å². The molecule has 8 nitrogen and oxygen atoms in total. The molecule has 0 fully saturated rings. The zero-order chi connectivity index (χ0) is 21.5. The quantitative estimate of drug-likeness (QED) is 0.373. The first-order valence-electron chi connectivity index (χ1n) is 7.36. The van der Waals surface area contributed by atoms with Crippen LogP contribution in [-0.4, -0.2) is 19.2 Å². The molecule has 1 aromatic carbocycles. The largest absolute Gasteiger partial charge is 0.433 e. The summed E-state index contributed by atoms with van der Waals surface area (Å²) in [5, 5.41) is -0.290. The summed E-state index contributed by atoms with van der Waals surface area (Å²) in [6.07, 6.45) is -3.83. The van der Waals surface area contributed by atoms with Crippen LogP contribution in [0.25, 0.3) is 5.69 Å². The number of nitrogens with two attached hydrogens (primary N) is 1. The van der Waals surface area contributed by atoms with Crippen molar-refractivity contribution < 1.29 is 22.3 Å². The first-order chi connectivity index (χ1) is 13.5. The molecule has 0 saturated heterocycles. The molecule has 14 heteroatoms. The van der Waals surface area contributed by atoms with Crippen LogP contribution < -0.4 is 21.8 Å². The molecule has 0 amide bonds. The summed E-state index contributed by atoms with van der Waals surface area (Å²) >= 11 is 11.6. The SMILES string of the molecule is Nn1c(C(F)(F)F)cc(=O)n(-c2cc(Oc3nccc(Cl)n3)c(Cl)cc2F)c1=O. The van der Waals surface area contributed by atoms with E-state index in [9.17, 15) is 27.2 Å². The van der Waals surface area contributed by atoms with Crippen LogP contribution >= 0.6 is 23.2 Å². The van der Waals surface area contributed by atoms with Crippen molar-refractivity contribution in [2.45, 2.75) is 6.18 Å². The van der Waals surface area contributed by atoms with Gasteiger partial charge in [0.1, 0.15) is 11.0 Å². The van der Waals surface area contributed by atoms with E-state index in [2.05, 4.69) is 9.97 Å². The highest BCUT2D eigenvalue weighted by atomic mass is 35.5. The second-order valence-electron chi connectivity index (χ2n) is 5.35. The molecule has 0 spiro atoms. The highest BCUT2D eigenvalue weighted by molar-refractivity contribution is 6.32. The summed E-state index contributed by atoms with van der Waals surface area (Å²) in [5.41, 5.74) is -5.58. The normalized spacial score (nSPS) is 11.5. The Morgan fingerprint density at radius 1 is 1.14 bits per heavy atom. The summed E-state index contributed by atoms with van der Waals surface area (Å²) < 4.78 is 58.1. The Labute approximate surface area is 167 Å². The molecule has 0 bridgehead atoms. The Kier molecular flexibility index (Phi) is 5.24. The van der Waals surface area contributed by atoms with Gasteiger partial charge in [0.2, 0.25) is 0 Å². The van der Waals surface area contributed by atoms with Crippen LogP contribution in [0.4, 0.5) is 17.6 Å². The van der Waals surface area contributed by atoms with E-state index in [0.29, 0.717) is 6.07 Å². The molecular weight excluding hydrogens is 445 g/mol. The van der Waals surface area contributed by atoms with Crippen LogP contribution in [0.2, 0.25) is 10.2 Å². The predicted octanol–water partition coefficient (Wildman–Crippen LogP) is 2.76. The van der Waals surface area contributed by atoms with Gasteiger partial charge in [-0.1, -0.05) is 23.2 Å². The number of aromatic nitrogens is 4. The van der Waals surface area contributed by atoms with Crippen LogP contribution in [0.1, 0.15) is 5.69 Å². The van der Waals surface area contributed by atoms with E-state index in [0.717, 1.165) is 6.07 Å². The van der Waals surface area contributed by atoms with Crippen LogP contribution in [0, 0.1) is 5.82 Å². The standard InChI is InChI=1S/C15H7Cl2F4N5O3/c16-6-3-7(18)8(4-9(6)29-13-23-2-1-11(17)24-13)25-12(27)5-10(15(19,20)21)26(22)14(25)28/h1-5H,22H2. The van der Waals surface area contributed by atoms with Crippen molar-refractivity contribution in [1.82, 2.24) is 19.2 Å². The Balaban J connectivity index is 2.19. The van der Waals surface area contributed by atoms with E-state index in [4.69, 9.17) is 33.8 Å². The third-order valence-electron chi connectivity index (χ3n) is 3.47. The number of nitrogens with zero attached hydrogens (tertiary/aromatic N) is 4. The molecule has 0 atom stereocenters. The highest BCUT2D eigenvalue weighted by Gasteiger charge is 2.36. The lowest BCUT2D eigenvalue weighted by molar-refractivity contribution is -0.143. The minimum Gasteiger partial charge on any atom is -0.423 e. The molecule has 0 aliphatic rings. The van der Waals surface area contributed by atoms with Crippen LogP contribution in [0.15, 0.2) is 40.1 Å². The monoisotopic (exact) mass is 451 g/mol. The number of rotatable bonds is 3. The van der Waals surface area contributed by atoms with Gasteiger partial charge in [-0.15, -0.1) is 0 Å². The molecule has 0 saturated carbocycles. The van der Waals surface area contributed by atoms with E-state index in [1.54, 1.807) is 0 Å². The second-order valence-corrected chi connectivity index (χ2v) is 6.15. The van der Waals surface area contributed by atoms with Crippen molar-refractivity contribution in [2.75, 3.05) is 5.84 Å². The van der Waals surface area contributed by atoms with Crippen LogP contribution in [0.3, 0.4) is 0 Å². The molecular formula is C15H7Cl2F4N5O3. The van der Waals surface area contributed by atoms with E-state index < -0.39 is 34.6 Å². The Morgan fingerprint density at radius 3 is 2.45 bits per heavy atom. The lowest BCUT2D eigenvalue weighted by Gasteiger charge is -2.15. The summed E-state index contributed by atoms with van der Waals surface area (Å²) in [7, 11) is 0. The van der Waals surface area contributed by atoms with Gasteiger partial charge in [-0.05, 0) is 12.1 Å². The Bertz CT molecular complexity index is 1230. The zero-order valence-corrected chi connectivity index (χ0v) is 15.3. The lowest BCUT2D eigenvalue weighted by atomic mass is 10.2. The Hall–Kier alpha value is -3.12. The molecule has 0 radical (unpaired) electrons. The molecule has 2 N–H and O–H groups in total. The topological polar surface area (TPSA) is 105 Å². The molecule has 29 heavy (non-hydrogen) atoms. The van der Waals surface area contributed by atoms with Crippen molar-refractivity contribution >= 4 is 23.2 Å². The van der Waals surface area contributed by atoms with Gasteiger partial charge < -0.3 is 10.6 Å². The molecule has 3 aromatic rings. The van der Waals surface area contributed by atoms with E-state index in [1.165, 1.54) is 12.3 Å². The number of halogens is 6. The van der Waals surface area contributed by atoms with Crippen molar-refractivity contribution in [3.05, 3.63) is 73.0 Å². The molecule has 0 aliphatic heterocycles. The third-order valence-corrected chi connectivity index (χ3v) is 3.98. The summed E-state index contributed by atoms with van der Waals surface area (Å²) in [4.78, 5) is 31.8. The first-order valence-corrected chi connectivity index (χ1v) is 8.12. The summed E-state index contributed by atoms with van der Waals surface area (Å²) in [5.74, 6) is 3.64. The average Bonchev–Trinajstić information content (AvgIpc) is 2.61. The number of hydrogen-bond acceptors (Lipinski definition) is 6. The summed E-state index contributed by atoms with van der Waals surface area (Å²) in [6.45, 7) is 0. The predicted molar refractivity (Wildman–Crippen MR) is 93.5 cm³/mol. The van der Waals surface area contributed by atoms with Gasteiger partial charge in [0.05, 0.1) is 10.7 Å². The van der Waals surface area contributed by atoms with Crippen LogP contribution in [0.5, 0.6) is 11.8 Å². The van der Waals surface area contributed by atoms with Gasteiger partial charge in [0.25, 0.3) is 5.56 Å². The third kappa shape index (κ3) is 4.03. The van der Waals surface area contributed by atoms with E-state index in [-0.39, 0.29) is 37.2 Å². The molecule has 0 unspecified atom stereocenters. The maximum absolute atomic E-state index is 14.4. The minimum absolute atomic E-state index is 0.0124. The van der Waals surface area contributed by atoms with Crippen LogP contribution in [-0.2, 0) is 6.18 Å². The number of nitrogen functional groups attached to an aromatic ring is 1. The van der Waals surface area contributed by atoms with E-state index >= 15 is 0 Å². The fraction of sp³-hybridized carbons (Fsp3) is 0.0667. The van der Waals surface area contributed by atoms with Crippen molar-refractivity contribution in [2.24, 2.45) is 0 Å². The fourth-order valence-corrected chi connectivity index (χ4v) is 2.55. The molecule has 2 heterocycles. The molecule has 2 aromatic heterocycles. The lowest BCUT2D eigenvalue weighted by Crippen LogP contribution is -2.45. The van der Waals surface area contributed by atoms with Gasteiger partial charge in [0.15, 0.2) is 11.4 Å². The Morgan fingerprint density at radius 2 is 1.83 bits per heavy atom. The smallest absolute Gasteiger partial charge is 0.423 e. The minimum atomic E-state index is -5.08. The second kappa shape index (κ2) is 7.37. The van der Waals surface area contributed by atoms with Crippen molar-refractivity contribution in [3.8, 4) is 17.4 Å².